The van der Waals surface area contributed by atoms with E-state index in [1.807, 2.05) is 0 Å². The third kappa shape index (κ3) is 3.60. The van der Waals surface area contributed by atoms with Gasteiger partial charge in [0, 0.05) is 36.6 Å². The first-order valence-corrected chi connectivity index (χ1v) is 11.1. The van der Waals surface area contributed by atoms with Gasteiger partial charge in [0.15, 0.2) is 0 Å². The lowest BCUT2D eigenvalue weighted by Gasteiger charge is -2.31. The Morgan fingerprint density at radius 1 is 1.31 bits per heavy atom. The molecule has 0 bridgehead atoms. The van der Waals surface area contributed by atoms with Crippen LogP contribution < -0.4 is 10.2 Å². The van der Waals surface area contributed by atoms with Gasteiger partial charge in [-0.05, 0) is 37.3 Å². The third-order valence-electron chi connectivity index (χ3n) is 6.54. The highest BCUT2D eigenvalue weighted by Gasteiger charge is 2.78. The van der Waals surface area contributed by atoms with E-state index in [2.05, 4.69) is 15.3 Å². The number of nitrogens with zero attached hydrogens (tertiary/aromatic N) is 3. The Morgan fingerprint density at radius 3 is 2.66 bits per heavy atom. The van der Waals surface area contributed by atoms with Crippen LogP contribution in [0.25, 0.3) is 0 Å². The van der Waals surface area contributed by atoms with E-state index in [4.69, 9.17) is 0 Å². The number of pyridine rings is 2. The molecule has 2 aromatic rings. The summed E-state index contributed by atoms with van der Waals surface area (Å²) in [5, 5.41) is 3.22. The molecule has 0 aromatic carbocycles. The summed E-state index contributed by atoms with van der Waals surface area (Å²) in [6.45, 7) is 2.81. The van der Waals surface area contributed by atoms with Crippen molar-refractivity contribution in [3.63, 3.8) is 0 Å². The summed E-state index contributed by atoms with van der Waals surface area (Å²) in [5.41, 5.74) is -2.36. The molecule has 2 fully saturated rings. The Labute approximate surface area is 185 Å². The fraction of sp³-hybridized carbons (Fsp3) is 0.476. The summed E-state index contributed by atoms with van der Waals surface area (Å²) >= 11 is 1.34. The number of fused-ring (bicyclic) bond motifs is 1. The van der Waals surface area contributed by atoms with Crippen LogP contribution in [-0.4, -0.2) is 41.1 Å². The Kier molecular flexibility index (Phi) is 5.38. The van der Waals surface area contributed by atoms with E-state index in [-0.39, 0.29) is 36.5 Å². The number of carbonyl (C=O) groups excluding carboxylic acids is 1. The van der Waals surface area contributed by atoms with Crippen LogP contribution in [0.4, 0.5) is 33.5 Å². The minimum absolute atomic E-state index is 0.0168. The highest BCUT2D eigenvalue weighted by molar-refractivity contribution is 7.98. The van der Waals surface area contributed by atoms with E-state index in [0.717, 1.165) is 0 Å². The number of hydrogen-bond acceptors (Lipinski definition) is 5. The predicted octanol–water partition coefficient (Wildman–Crippen LogP) is 5.26. The van der Waals surface area contributed by atoms with Crippen LogP contribution in [0.2, 0.25) is 0 Å². The highest BCUT2D eigenvalue weighted by Crippen LogP contribution is 2.69. The molecule has 0 radical (unpaired) electrons. The van der Waals surface area contributed by atoms with E-state index < -0.39 is 34.9 Å². The summed E-state index contributed by atoms with van der Waals surface area (Å²) in [6, 6.07) is 3.11. The maximum atomic E-state index is 14.2. The van der Waals surface area contributed by atoms with Crippen LogP contribution in [0, 0.1) is 18.3 Å². The average Bonchev–Trinajstić information content (AvgIpc) is 3.17. The quantitative estimate of drug-likeness (QED) is 0.486. The molecule has 172 valence electrons. The maximum absolute atomic E-state index is 14.2. The molecule has 2 atom stereocenters. The molecular weight excluding hydrogens is 451 g/mol. The molecule has 1 amide bonds. The van der Waals surface area contributed by atoms with Gasteiger partial charge in [0.1, 0.15) is 5.82 Å². The minimum atomic E-state index is -4.71. The Hall–Kier alpha value is -2.43. The summed E-state index contributed by atoms with van der Waals surface area (Å²) < 4.78 is 69.0. The van der Waals surface area contributed by atoms with Crippen molar-refractivity contribution in [1.82, 2.24) is 9.97 Å². The van der Waals surface area contributed by atoms with Crippen LogP contribution >= 0.6 is 11.8 Å². The van der Waals surface area contributed by atoms with Gasteiger partial charge >= 0.3 is 6.18 Å². The summed E-state index contributed by atoms with van der Waals surface area (Å²) in [4.78, 5) is 22.7. The normalized spacial score (nSPS) is 24.1. The van der Waals surface area contributed by atoms with Gasteiger partial charge in [-0.15, -0.1) is 11.8 Å². The molecule has 1 aliphatic heterocycles. The number of rotatable bonds is 4. The van der Waals surface area contributed by atoms with Gasteiger partial charge < -0.3 is 10.2 Å². The average molecular weight is 472 g/mol. The van der Waals surface area contributed by atoms with Gasteiger partial charge in [-0.2, -0.15) is 13.2 Å². The molecule has 1 saturated carbocycles. The molecule has 2 unspecified atom stereocenters. The number of hydrogen-bond donors (Lipinski definition) is 1. The second kappa shape index (κ2) is 7.57. The van der Waals surface area contributed by atoms with Crippen LogP contribution in [-0.2, 0) is 6.18 Å². The topological polar surface area (TPSA) is 58.1 Å². The van der Waals surface area contributed by atoms with Crippen LogP contribution in [0.5, 0.6) is 0 Å². The van der Waals surface area contributed by atoms with Crippen molar-refractivity contribution in [2.24, 2.45) is 11.3 Å². The number of thioether (sulfide) groups is 1. The monoisotopic (exact) mass is 472 g/mol. The van der Waals surface area contributed by atoms with Crippen molar-refractivity contribution in [2.45, 2.75) is 37.4 Å². The molecule has 2 aliphatic rings. The van der Waals surface area contributed by atoms with Crippen molar-refractivity contribution >= 4 is 29.2 Å². The van der Waals surface area contributed by atoms with Crippen LogP contribution in [0.3, 0.4) is 0 Å². The summed E-state index contributed by atoms with van der Waals surface area (Å²) in [7, 11) is 0. The Bertz CT molecular complexity index is 1080. The summed E-state index contributed by atoms with van der Waals surface area (Å²) in [6.07, 6.45) is -0.615. The molecular formula is C21H21F5N4OS. The zero-order valence-corrected chi connectivity index (χ0v) is 18.4. The number of anilines is 2. The van der Waals surface area contributed by atoms with Crippen LogP contribution in [0.15, 0.2) is 29.6 Å². The number of piperidine rings is 1. The zero-order valence-electron chi connectivity index (χ0n) is 17.6. The third-order valence-corrected chi connectivity index (χ3v) is 7.18. The van der Waals surface area contributed by atoms with Gasteiger partial charge in [-0.1, -0.05) is 6.92 Å². The number of halogens is 5. The van der Waals surface area contributed by atoms with E-state index in [0.29, 0.717) is 16.9 Å². The fourth-order valence-electron chi connectivity index (χ4n) is 4.38. The molecule has 0 spiro atoms. The standard InChI is InChI=1S/C21H21F5N4OS/c1-11-13(21(24,25)26)9-28-17(30-7-5-19(2)14(10-30)20(19,22)23)16(11)18(31)29-12-4-6-27-15(8-12)32-3/h4,6,8-9,14H,5,7,10H2,1-3H3,(H,27,29,31). The largest absolute Gasteiger partial charge is 0.418 e. The van der Waals surface area contributed by atoms with Crippen molar-refractivity contribution in [1.29, 1.82) is 0 Å². The van der Waals surface area contributed by atoms with Crippen molar-refractivity contribution < 1.29 is 26.7 Å². The van der Waals surface area contributed by atoms with Crippen LogP contribution in [0.1, 0.15) is 34.8 Å². The van der Waals surface area contributed by atoms with Gasteiger partial charge in [-0.3, -0.25) is 4.79 Å². The first-order valence-electron chi connectivity index (χ1n) is 9.91. The lowest BCUT2D eigenvalue weighted by atomic mass is 9.96. The first kappa shape index (κ1) is 22.8. The second-order valence-electron chi connectivity index (χ2n) is 8.32. The number of nitrogens with one attached hydrogen (secondary N) is 1. The zero-order chi connectivity index (χ0) is 23.5. The molecule has 3 heterocycles. The van der Waals surface area contributed by atoms with E-state index in [1.165, 1.54) is 42.8 Å². The number of carbonyl (C=O) groups is 1. The SMILES string of the molecule is CSc1cc(NC(=O)c2c(N3CCC4(C)C(C3)C4(F)F)ncc(C(F)(F)F)c2C)ccn1. The van der Waals surface area contributed by atoms with E-state index in [1.54, 1.807) is 12.3 Å². The van der Waals surface area contributed by atoms with E-state index in [9.17, 15) is 26.7 Å². The predicted molar refractivity (Wildman–Crippen MR) is 111 cm³/mol. The lowest BCUT2D eigenvalue weighted by Crippen LogP contribution is -2.36. The van der Waals surface area contributed by atoms with E-state index >= 15 is 0 Å². The second-order valence-corrected chi connectivity index (χ2v) is 9.15. The molecule has 11 heteroatoms. The molecule has 1 saturated heterocycles. The van der Waals surface area contributed by atoms with Crippen molar-refractivity contribution in [2.75, 3.05) is 29.6 Å². The van der Waals surface area contributed by atoms with Gasteiger partial charge in [0.25, 0.3) is 11.8 Å². The molecule has 32 heavy (non-hydrogen) atoms. The molecule has 2 aromatic heterocycles. The minimum Gasteiger partial charge on any atom is -0.355 e. The molecule has 4 rings (SSSR count). The maximum Gasteiger partial charge on any atom is 0.418 e. The molecule has 1 N–H and O–H groups in total. The number of amides is 1. The van der Waals surface area contributed by atoms with Gasteiger partial charge in [-0.25, -0.2) is 18.7 Å². The number of alkyl halides is 5. The fourth-order valence-corrected chi connectivity index (χ4v) is 4.79. The molecule has 5 nitrogen and oxygen atoms in total. The molecule has 1 aliphatic carbocycles. The van der Waals surface area contributed by atoms with Crippen molar-refractivity contribution in [3.8, 4) is 0 Å². The van der Waals surface area contributed by atoms with Gasteiger partial charge in [0.05, 0.1) is 22.1 Å². The summed E-state index contributed by atoms with van der Waals surface area (Å²) in [5.74, 6) is -4.56. The Morgan fingerprint density at radius 2 is 2.03 bits per heavy atom. The number of aromatic nitrogens is 2. The van der Waals surface area contributed by atoms with Crippen molar-refractivity contribution in [3.05, 3.63) is 41.2 Å². The smallest absolute Gasteiger partial charge is 0.355 e. The first-order chi connectivity index (χ1) is 14.9. The highest BCUT2D eigenvalue weighted by atomic mass is 32.2. The Balaban J connectivity index is 1.72. The lowest BCUT2D eigenvalue weighted by molar-refractivity contribution is -0.138. The van der Waals surface area contributed by atoms with Gasteiger partial charge in [0.2, 0.25) is 0 Å².